The highest BCUT2D eigenvalue weighted by atomic mass is 35.5. The van der Waals surface area contributed by atoms with Gasteiger partial charge in [0, 0.05) is 30.7 Å². The fraction of sp³-hybridized carbons (Fsp3) is 0.444. The van der Waals surface area contributed by atoms with Crippen LogP contribution in [0.4, 0.5) is 0 Å². The van der Waals surface area contributed by atoms with E-state index in [9.17, 15) is 14.7 Å². The van der Waals surface area contributed by atoms with Crippen LogP contribution in [0, 0.1) is 5.41 Å². The molecule has 0 saturated heterocycles. The number of hydrogen-bond acceptors (Lipinski definition) is 3. The Morgan fingerprint density at radius 2 is 1.92 bits per heavy atom. The number of aliphatic carboxylic acids is 2. The molecule has 6 nitrogen and oxygen atoms in total. The number of fused-ring (bicyclic) bond motifs is 1. The van der Waals surface area contributed by atoms with Crippen molar-refractivity contribution < 1.29 is 19.8 Å². The molecule has 0 unspecified atom stereocenters. The summed E-state index contributed by atoms with van der Waals surface area (Å²) in [6.45, 7) is 3.64. The van der Waals surface area contributed by atoms with Gasteiger partial charge in [-0.1, -0.05) is 12.1 Å². The zero-order valence-electron chi connectivity index (χ0n) is 14.7. The highest BCUT2D eigenvalue weighted by Gasteiger charge is 2.29. The molecule has 1 heterocycles. The molecule has 1 aromatic carbocycles. The van der Waals surface area contributed by atoms with Gasteiger partial charge in [0.25, 0.3) is 0 Å². The summed E-state index contributed by atoms with van der Waals surface area (Å²) < 4.78 is 2.02. The van der Waals surface area contributed by atoms with E-state index in [1.165, 1.54) is 0 Å². The molecule has 138 valence electrons. The van der Waals surface area contributed by atoms with E-state index in [1.807, 2.05) is 42.1 Å². The molecule has 25 heavy (non-hydrogen) atoms. The molecule has 0 bridgehead atoms. The fourth-order valence-electron chi connectivity index (χ4n) is 2.68. The number of carboxylic acids is 2. The van der Waals surface area contributed by atoms with Gasteiger partial charge in [-0.25, -0.2) is 0 Å². The Hall–Kier alpha value is -2.05. The van der Waals surface area contributed by atoms with Crippen molar-refractivity contribution in [3.63, 3.8) is 0 Å². The Morgan fingerprint density at radius 1 is 1.24 bits per heavy atom. The Kier molecular flexibility index (Phi) is 7.02. The third-order valence-electron chi connectivity index (χ3n) is 4.49. The minimum Gasteiger partial charge on any atom is -0.481 e. The maximum absolute atomic E-state index is 11.5. The second-order valence-electron chi connectivity index (χ2n) is 6.78. The van der Waals surface area contributed by atoms with Crippen LogP contribution in [0.3, 0.4) is 0 Å². The van der Waals surface area contributed by atoms with Crippen LogP contribution < -0.4 is 5.32 Å². The molecule has 1 atom stereocenters. The Bertz CT molecular complexity index is 755. The third-order valence-corrected chi connectivity index (χ3v) is 4.49. The van der Waals surface area contributed by atoms with Gasteiger partial charge in [0.15, 0.2) is 0 Å². The second-order valence-corrected chi connectivity index (χ2v) is 6.78. The highest BCUT2D eigenvalue weighted by molar-refractivity contribution is 5.85. The van der Waals surface area contributed by atoms with Gasteiger partial charge in [0.05, 0.1) is 5.41 Å². The topological polar surface area (TPSA) is 91.6 Å². The van der Waals surface area contributed by atoms with Gasteiger partial charge in [-0.3, -0.25) is 9.59 Å². The van der Waals surface area contributed by atoms with Crippen molar-refractivity contribution in [2.45, 2.75) is 39.3 Å². The van der Waals surface area contributed by atoms with Crippen molar-refractivity contribution >= 4 is 35.2 Å². The molecule has 0 spiro atoms. The van der Waals surface area contributed by atoms with E-state index in [0.29, 0.717) is 13.0 Å². The van der Waals surface area contributed by atoms with E-state index in [2.05, 4.69) is 5.32 Å². The lowest BCUT2D eigenvalue weighted by molar-refractivity contribution is -0.148. The molecule has 2 aromatic rings. The van der Waals surface area contributed by atoms with Gasteiger partial charge >= 0.3 is 11.9 Å². The zero-order valence-corrected chi connectivity index (χ0v) is 15.5. The van der Waals surface area contributed by atoms with Crippen LogP contribution in [0.5, 0.6) is 0 Å². The monoisotopic (exact) mass is 368 g/mol. The number of aromatic nitrogens is 1. The molecule has 0 fully saturated rings. The van der Waals surface area contributed by atoms with Gasteiger partial charge in [-0.2, -0.15) is 0 Å². The molecule has 0 radical (unpaired) electrons. The molecule has 0 aliphatic heterocycles. The number of aryl methyl sites for hydroxylation is 1. The summed E-state index contributed by atoms with van der Waals surface area (Å²) in [5.41, 5.74) is 1.18. The van der Waals surface area contributed by atoms with E-state index in [1.54, 1.807) is 13.8 Å². The van der Waals surface area contributed by atoms with Gasteiger partial charge in [-0.05, 0) is 44.4 Å². The van der Waals surface area contributed by atoms with Crippen LogP contribution in [0.2, 0.25) is 0 Å². The number of halogens is 1. The summed E-state index contributed by atoms with van der Waals surface area (Å²) in [5, 5.41) is 22.7. The summed E-state index contributed by atoms with van der Waals surface area (Å²) in [6.07, 6.45) is 2.53. The average molecular weight is 369 g/mol. The van der Waals surface area contributed by atoms with Crippen LogP contribution in [0.25, 0.3) is 10.9 Å². The molecular weight excluding hydrogens is 344 g/mol. The van der Waals surface area contributed by atoms with Crippen molar-refractivity contribution in [2.24, 2.45) is 12.5 Å². The lowest BCUT2D eigenvalue weighted by Gasteiger charge is -2.22. The Labute approximate surface area is 153 Å². The molecule has 2 rings (SSSR count). The van der Waals surface area contributed by atoms with E-state index >= 15 is 0 Å². The van der Waals surface area contributed by atoms with Crippen LogP contribution >= 0.6 is 12.4 Å². The van der Waals surface area contributed by atoms with Crippen molar-refractivity contribution in [1.82, 2.24) is 9.88 Å². The Morgan fingerprint density at radius 3 is 2.52 bits per heavy atom. The summed E-state index contributed by atoms with van der Waals surface area (Å²) in [6, 6.07) is 7.17. The molecule has 7 heteroatoms. The summed E-state index contributed by atoms with van der Waals surface area (Å²) >= 11 is 0. The van der Waals surface area contributed by atoms with Crippen molar-refractivity contribution in [3.8, 4) is 0 Å². The van der Waals surface area contributed by atoms with Gasteiger partial charge < -0.3 is 20.1 Å². The van der Waals surface area contributed by atoms with E-state index in [4.69, 9.17) is 5.11 Å². The number of rotatable bonds is 8. The van der Waals surface area contributed by atoms with E-state index < -0.39 is 23.4 Å². The smallest absolute Gasteiger partial charge is 0.320 e. The first-order valence-corrected chi connectivity index (χ1v) is 7.95. The number of benzene rings is 1. The molecule has 0 saturated carbocycles. The largest absolute Gasteiger partial charge is 0.481 e. The molecule has 1 aromatic heterocycles. The molecule has 0 aliphatic carbocycles. The SMILES string of the molecule is Cl.Cn1ccc2c(CN[C@@H](CCC(C)(C)C(=O)O)C(=O)O)cccc21. The van der Waals surface area contributed by atoms with E-state index in [0.717, 1.165) is 16.5 Å². The highest BCUT2D eigenvalue weighted by Crippen LogP contribution is 2.24. The fourth-order valence-corrected chi connectivity index (χ4v) is 2.68. The second kappa shape index (κ2) is 8.36. The van der Waals surface area contributed by atoms with Crippen molar-refractivity contribution in [1.29, 1.82) is 0 Å². The first-order chi connectivity index (χ1) is 11.2. The predicted molar refractivity (Wildman–Crippen MR) is 99.1 cm³/mol. The average Bonchev–Trinajstić information content (AvgIpc) is 2.89. The number of hydrogen-bond donors (Lipinski definition) is 3. The lowest BCUT2D eigenvalue weighted by atomic mass is 9.86. The minimum atomic E-state index is -0.962. The predicted octanol–water partition coefficient (Wildman–Crippen LogP) is 3.03. The molecular formula is C18H25ClN2O4. The van der Waals surface area contributed by atoms with Crippen LogP contribution in [-0.2, 0) is 23.2 Å². The number of nitrogens with zero attached hydrogens (tertiary/aromatic N) is 1. The Balaban J connectivity index is 0.00000312. The van der Waals surface area contributed by atoms with Gasteiger partial charge in [0.2, 0.25) is 0 Å². The molecule has 0 aliphatic rings. The lowest BCUT2D eigenvalue weighted by Crippen LogP contribution is -2.38. The normalized spacial score (nSPS) is 12.6. The number of nitrogens with one attached hydrogen (secondary N) is 1. The first-order valence-electron chi connectivity index (χ1n) is 7.95. The first kappa shape index (κ1) is 21.0. The molecule has 0 amide bonds. The standard InChI is InChI=1S/C18H24N2O4.ClH/c1-18(2,17(23)24)9-7-14(16(21)22)19-11-12-5-4-6-15-13(12)8-10-20(15)3;/h4-6,8,10,14,19H,7,9,11H2,1-3H3,(H,21,22)(H,23,24);1H/t14-;/m0./s1. The van der Waals surface area contributed by atoms with Crippen molar-refractivity contribution in [2.75, 3.05) is 0 Å². The number of carbonyl (C=O) groups is 2. The molecule has 3 N–H and O–H groups in total. The van der Waals surface area contributed by atoms with Gasteiger partial charge in [-0.15, -0.1) is 12.4 Å². The van der Waals surface area contributed by atoms with Gasteiger partial charge in [0.1, 0.15) is 6.04 Å². The summed E-state index contributed by atoms with van der Waals surface area (Å²) in [7, 11) is 1.97. The quantitative estimate of drug-likeness (QED) is 0.666. The maximum Gasteiger partial charge on any atom is 0.320 e. The van der Waals surface area contributed by atoms with Crippen molar-refractivity contribution in [3.05, 3.63) is 36.0 Å². The van der Waals surface area contributed by atoms with E-state index in [-0.39, 0.29) is 18.8 Å². The maximum atomic E-state index is 11.5. The minimum absolute atomic E-state index is 0. The third kappa shape index (κ3) is 4.96. The zero-order chi connectivity index (χ0) is 17.9. The van der Waals surface area contributed by atoms with Crippen LogP contribution in [0.1, 0.15) is 32.3 Å². The summed E-state index contributed by atoms with van der Waals surface area (Å²) in [4.78, 5) is 22.6. The summed E-state index contributed by atoms with van der Waals surface area (Å²) in [5.74, 6) is -1.88. The number of carboxylic acid groups (broad SMARTS) is 2. The van der Waals surface area contributed by atoms with Crippen LogP contribution in [-0.4, -0.2) is 32.8 Å². The van der Waals surface area contributed by atoms with Crippen LogP contribution in [0.15, 0.2) is 30.5 Å².